The Labute approximate surface area is 236 Å². The van der Waals surface area contributed by atoms with Crippen LogP contribution in [-0.2, 0) is 21.4 Å². The number of amides is 1. The molecule has 2 unspecified atom stereocenters. The summed E-state index contributed by atoms with van der Waals surface area (Å²) in [6.45, 7) is 7.08. The molecule has 2 atom stereocenters. The maximum absolute atomic E-state index is 14.0. The van der Waals surface area contributed by atoms with Gasteiger partial charge in [0, 0.05) is 64.1 Å². The highest BCUT2D eigenvalue weighted by Crippen LogP contribution is 2.37. The van der Waals surface area contributed by atoms with Crippen molar-refractivity contribution in [2.75, 3.05) is 46.3 Å². The van der Waals surface area contributed by atoms with Crippen LogP contribution in [0.1, 0.15) is 35.3 Å². The summed E-state index contributed by atoms with van der Waals surface area (Å²) in [5, 5.41) is 3.44. The highest BCUT2D eigenvalue weighted by molar-refractivity contribution is 7.89. The van der Waals surface area contributed by atoms with E-state index in [0.717, 1.165) is 37.4 Å². The van der Waals surface area contributed by atoms with Crippen LogP contribution in [0.3, 0.4) is 0 Å². The van der Waals surface area contributed by atoms with Crippen molar-refractivity contribution in [3.05, 3.63) is 88.7 Å². The number of halogens is 1. The largest absolute Gasteiger partial charge is 0.349 e. The summed E-state index contributed by atoms with van der Waals surface area (Å²) in [6, 6.07) is 18.0. The van der Waals surface area contributed by atoms with Gasteiger partial charge in [0.2, 0.25) is 15.9 Å². The van der Waals surface area contributed by atoms with Crippen molar-refractivity contribution in [1.82, 2.24) is 24.0 Å². The molecule has 2 aromatic carbocycles. The second-order valence-electron chi connectivity index (χ2n) is 10.5. The fourth-order valence-electron chi connectivity index (χ4n) is 5.63. The molecular weight excluding hydrogens is 534 g/mol. The van der Waals surface area contributed by atoms with E-state index in [1.807, 2.05) is 53.2 Å². The first kappa shape index (κ1) is 27.9. The van der Waals surface area contributed by atoms with Crippen LogP contribution in [0.15, 0.2) is 71.8 Å². The first-order valence-electron chi connectivity index (χ1n) is 13.4. The van der Waals surface area contributed by atoms with E-state index in [2.05, 4.69) is 22.2 Å². The number of aryl methyl sites for hydroxylation is 1. The topological polar surface area (TPSA) is 77.9 Å². The predicted molar refractivity (Wildman–Crippen MR) is 153 cm³/mol. The molecular formula is C29H36ClN5O3S. The summed E-state index contributed by atoms with van der Waals surface area (Å²) in [7, 11) is -1.83. The molecule has 8 nitrogen and oxygen atoms in total. The number of likely N-dealkylation sites (N-methyl/N-ethyl adjacent to an activating group) is 1. The number of hydrogen-bond acceptors (Lipinski definition) is 5. The lowest BCUT2D eigenvalue weighted by Crippen LogP contribution is -2.48. The summed E-state index contributed by atoms with van der Waals surface area (Å²) < 4.78 is 31.4. The molecule has 1 saturated heterocycles. The monoisotopic (exact) mass is 569 g/mol. The highest BCUT2D eigenvalue weighted by Gasteiger charge is 2.39. The molecule has 39 heavy (non-hydrogen) atoms. The van der Waals surface area contributed by atoms with Gasteiger partial charge in [0.1, 0.15) is 4.90 Å². The first-order chi connectivity index (χ1) is 18.7. The van der Waals surface area contributed by atoms with Crippen LogP contribution in [-0.4, -0.2) is 79.3 Å². The molecule has 3 aromatic rings. The zero-order valence-electron chi connectivity index (χ0n) is 22.5. The van der Waals surface area contributed by atoms with Gasteiger partial charge < -0.3 is 14.8 Å². The number of hydrogen-bond donors (Lipinski definition) is 1. The number of aromatic nitrogens is 1. The van der Waals surface area contributed by atoms with E-state index < -0.39 is 16.1 Å². The van der Waals surface area contributed by atoms with Crippen molar-refractivity contribution < 1.29 is 13.2 Å². The van der Waals surface area contributed by atoms with Crippen molar-refractivity contribution in [2.45, 2.75) is 36.9 Å². The highest BCUT2D eigenvalue weighted by atomic mass is 35.5. The second-order valence-corrected chi connectivity index (χ2v) is 12.7. The summed E-state index contributed by atoms with van der Waals surface area (Å²) in [6.07, 6.45) is 1.95. The molecule has 0 spiro atoms. The van der Waals surface area contributed by atoms with E-state index in [1.165, 1.54) is 4.31 Å². The van der Waals surface area contributed by atoms with Gasteiger partial charge in [-0.15, -0.1) is 0 Å². The number of piperazine rings is 1. The van der Waals surface area contributed by atoms with Crippen molar-refractivity contribution in [1.29, 1.82) is 0 Å². The Bertz CT molecular complexity index is 1380. The molecule has 0 saturated carbocycles. The van der Waals surface area contributed by atoms with Crippen molar-refractivity contribution >= 4 is 27.5 Å². The van der Waals surface area contributed by atoms with Gasteiger partial charge in [-0.1, -0.05) is 54.1 Å². The second kappa shape index (κ2) is 11.8. The average Bonchev–Trinajstić information content (AvgIpc) is 3.39. The molecule has 2 aliphatic heterocycles. The Morgan fingerprint density at radius 3 is 2.44 bits per heavy atom. The first-order valence-corrected chi connectivity index (χ1v) is 15.2. The fourth-order valence-corrected chi connectivity index (χ4v) is 8.01. The molecule has 1 N–H and O–H groups in total. The molecule has 0 bridgehead atoms. The van der Waals surface area contributed by atoms with E-state index in [-0.39, 0.29) is 34.8 Å². The van der Waals surface area contributed by atoms with Gasteiger partial charge in [0.15, 0.2) is 0 Å². The maximum atomic E-state index is 14.0. The number of fused-ring (bicyclic) bond motifs is 1. The quantitative estimate of drug-likeness (QED) is 0.448. The third-order valence-electron chi connectivity index (χ3n) is 7.80. The lowest BCUT2D eigenvalue weighted by atomic mass is 10.0. The molecule has 1 fully saturated rings. The molecule has 1 aromatic heterocycles. The van der Waals surface area contributed by atoms with E-state index in [9.17, 15) is 13.2 Å². The molecule has 0 radical (unpaired) electrons. The van der Waals surface area contributed by atoms with Crippen LogP contribution < -0.4 is 5.32 Å². The number of carbonyl (C=O) groups is 1. The van der Waals surface area contributed by atoms with E-state index in [0.29, 0.717) is 18.7 Å². The van der Waals surface area contributed by atoms with Crippen molar-refractivity contribution in [3.63, 3.8) is 0 Å². The van der Waals surface area contributed by atoms with Gasteiger partial charge in [-0.2, -0.15) is 4.31 Å². The predicted octanol–water partition coefficient (Wildman–Crippen LogP) is 3.69. The summed E-state index contributed by atoms with van der Waals surface area (Å²) >= 11 is 6.41. The number of benzene rings is 2. The Morgan fingerprint density at radius 2 is 1.72 bits per heavy atom. The SMILES string of the molecule is Cc1cccc(Cl)c1S(=O)(=O)N1CCn2cccc2C1CC(=O)NC(CN1CCN(C)CC1)c1ccccc1. The molecule has 1 amide bonds. The van der Waals surface area contributed by atoms with Gasteiger partial charge in [-0.05, 0) is 43.3 Å². The fraction of sp³-hybridized carbons (Fsp3) is 0.414. The minimum absolute atomic E-state index is 0.0127. The summed E-state index contributed by atoms with van der Waals surface area (Å²) in [5.74, 6) is -0.186. The number of rotatable bonds is 8. The smallest absolute Gasteiger partial charge is 0.245 e. The molecule has 10 heteroatoms. The van der Waals surface area contributed by atoms with Gasteiger partial charge in [0.05, 0.1) is 17.1 Å². The third kappa shape index (κ3) is 6.07. The molecule has 0 aliphatic carbocycles. The summed E-state index contributed by atoms with van der Waals surface area (Å²) in [4.78, 5) is 18.5. The standard InChI is InChI=1S/C29H36ClN5O3S/c1-22-8-6-11-24(30)29(22)39(37,38)35-19-18-34-13-7-12-26(34)27(35)20-28(36)31-25(23-9-4-3-5-10-23)21-33-16-14-32(2)15-17-33/h3-13,25,27H,14-21H2,1-2H3,(H,31,36). The van der Waals surface area contributed by atoms with Gasteiger partial charge >= 0.3 is 0 Å². The van der Waals surface area contributed by atoms with E-state index >= 15 is 0 Å². The van der Waals surface area contributed by atoms with Crippen LogP contribution in [0.5, 0.6) is 0 Å². The maximum Gasteiger partial charge on any atom is 0.245 e. The minimum Gasteiger partial charge on any atom is -0.349 e. The molecule has 208 valence electrons. The zero-order valence-corrected chi connectivity index (χ0v) is 24.0. The van der Waals surface area contributed by atoms with Crippen LogP contribution >= 0.6 is 11.6 Å². The molecule has 5 rings (SSSR count). The minimum atomic E-state index is -3.95. The molecule has 2 aliphatic rings. The van der Waals surface area contributed by atoms with Crippen LogP contribution in [0.4, 0.5) is 0 Å². The van der Waals surface area contributed by atoms with Crippen LogP contribution in [0.25, 0.3) is 0 Å². The Morgan fingerprint density at radius 1 is 0.974 bits per heavy atom. The average molecular weight is 570 g/mol. The van der Waals surface area contributed by atoms with Gasteiger partial charge in [-0.3, -0.25) is 9.69 Å². The van der Waals surface area contributed by atoms with Crippen molar-refractivity contribution in [2.24, 2.45) is 0 Å². The van der Waals surface area contributed by atoms with Gasteiger partial charge in [0.25, 0.3) is 0 Å². The van der Waals surface area contributed by atoms with Crippen LogP contribution in [0, 0.1) is 6.92 Å². The Kier molecular flexibility index (Phi) is 8.44. The van der Waals surface area contributed by atoms with Crippen molar-refractivity contribution in [3.8, 4) is 0 Å². The normalized spacial score (nSPS) is 19.9. The lowest BCUT2D eigenvalue weighted by molar-refractivity contribution is -0.123. The van der Waals surface area contributed by atoms with Crippen LogP contribution in [0.2, 0.25) is 5.02 Å². The zero-order chi connectivity index (χ0) is 27.6. The van der Waals surface area contributed by atoms with E-state index in [4.69, 9.17) is 11.6 Å². The summed E-state index contributed by atoms with van der Waals surface area (Å²) in [5.41, 5.74) is 2.43. The lowest BCUT2D eigenvalue weighted by Gasteiger charge is -2.37. The number of sulfonamides is 1. The third-order valence-corrected chi connectivity index (χ3v) is 10.3. The Balaban J connectivity index is 1.40. The van der Waals surface area contributed by atoms with E-state index in [1.54, 1.807) is 25.1 Å². The number of nitrogens with one attached hydrogen (secondary N) is 1. The number of nitrogens with zero attached hydrogens (tertiary/aromatic N) is 4. The number of carbonyl (C=O) groups excluding carboxylic acids is 1. The Hall–Kier alpha value is -2.69. The van der Waals surface area contributed by atoms with Gasteiger partial charge in [-0.25, -0.2) is 8.42 Å². The molecule has 3 heterocycles.